The number of hydrogen-bond acceptors (Lipinski definition) is 2. The average Bonchev–Trinajstić information content (AvgIpc) is 2.39. The summed E-state index contributed by atoms with van der Waals surface area (Å²) in [6, 6.07) is 14.6. The van der Waals surface area contributed by atoms with E-state index in [2.05, 4.69) is 15.9 Å². The van der Waals surface area contributed by atoms with Crippen LogP contribution in [0.2, 0.25) is 0 Å². The van der Waals surface area contributed by atoms with Crippen LogP contribution in [0.25, 0.3) is 0 Å². The van der Waals surface area contributed by atoms with Gasteiger partial charge in [0.05, 0.1) is 0 Å². The lowest BCUT2D eigenvalue weighted by Gasteiger charge is -2.21. The van der Waals surface area contributed by atoms with Crippen LogP contribution in [0.4, 0.5) is 4.39 Å². The molecule has 4 heteroatoms. The number of benzene rings is 2. The molecule has 0 fully saturated rings. The molecule has 0 aromatic heterocycles. The van der Waals surface area contributed by atoms with Crippen molar-refractivity contribution in [3.05, 3.63) is 64.4 Å². The fourth-order valence-corrected chi connectivity index (χ4v) is 3.49. The summed E-state index contributed by atoms with van der Waals surface area (Å²) >= 11 is 5.22. The van der Waals surface area contributed by atoms with E-state index in [1.54, 1.807) is 23.9 Å². The van der Waals surface area contributed by atoms with Gasteiger partial charge < -0.3 is 5.73 Å². The van der Waals surface area contributed by atoms with E-state index in [0.29, 0.717) is 0 Å². The summed E-state index contributed by atoms with van der Waals surface area (Å²) in [6.45, 7) is 1.97. The number of nitrogens with two attached hydrogens (primary N) is 1. The number of hydrogen-bond donors (Lipinski definition) is 1. The van der Waals surface area contributed by atoms with Crippen LogP contribution in [0.5, 0.6) is 0 Å². The first kappa shape index (κ1) is 14.6. The van der Waals surface area contributed by atoms with Gasteiger partial charge in [0.25, 0.3) is 0 Å². The first-order valence-corrected chi connectivity index (χ1v) is 7.67. The highest BCUT2D eigenvalue weighted by Gasteiger charge is 2.18. The topological polar surface area (TPSA) is 26.0 Å². The van der Waals surface area contributed by atoms with Crippen molar-refractivity contribution in [2.24, 2.45) is 5.73 Å². The molecule has 0 saturated carbocycles. The molecule has 0 spiro atoms. The smallest absolute Gasteiger partial charge is 0.123 e. The molecule has 0 radical (unpaired) electrons. The summed E-state index contributed by atoms with van der Waals surface area (Å²) < 4.78 is 14.0. The Balaban J connectivity index is 2.26. The van der Waals surface area contributed by atoms with Crippen LogP contribution in [0.15, 0.2) is 57.9 Å². The van der Waals surface area contributed by atoms with E-state index < -0.39 is 0 Å². The molecule has 0 bridgehead atoms. The Morgan fingerprint density at radius 2 is 1.74 bits per heavy atom. The minimum Gasteiger partial charge on any atom is -0.327 e. The summed E-state index contributed by atoms with van der Waals surface area (Å²) in [5.74, 6) is -0.224. The van der Waals surface area contributed by atoms with Crippen LogP contribution in [-0.2, 0) is 0 Å². The Morgan fingerprint density at radius 1 is 1.11 bits per heavy atom. The van der Waals surface area contributed by atoms with Crippen LogP contribution in [0.3, 0.4) is 0 Å². The van der Waals surface area contributed by atoms with Gasteiger partial charge in [-0.2, -0.15) is 0 Å². The third-order valence-corrected chi connectivity index (χ3v) is 5.29. The lowest BCUT2D eigenvalue weighted by atomic mass is 10.1. The van der Waals surface area contributed by atoms with Gasteiger partial charge in [0, 0.05) is 20.7 Å². The zero-order valence-electron chi connectivity index (χ0n) is 10.5. The molecule has 0 amide bonds. The Morgan fingerprint density at radius 3 is 2.32 bits per heavy atom. The van der Waals surface area contributed by atoms with E-state index in [9.17, 15) is 4.39 Å². The van der Waals surface area contributed by atoms with Crippen molar-refractivity contribution in [2.75, 3.05) is 0 Å². The SMILES string of the molecule is CC(N)C(Sc1ccccc1Br)c1ccc(F)cc1. The first-order valence-electron chi connectivity index (χ1n) is 6.00. The first-order chi connectivity index (χ1) is 9.08. The summed E-state index contributed by atoms with van der Waals surface area (Å²) in [4.78, 5) is 1.13. The fraction of sp³-hybridized carbons (Fsp3) is 0.200. The van der Waals surface area contributed by atoms with Crippen molar-refractivity contribution in [1.29, 1.82) is 0 Å². The summed E-state index contributed by atoms with van der Waals surface area (Å²) in [7, 11) is 0. The van der Waals surface area contributed by atoms with Crippen molar-refractivity contribution >= 4 is 27.7 Å². The molecule has 2 N–H and O–H groups in total. The third kappa shape index (κ3) is 3.81. The molecule has 2 atom stereocenters. The van der Waals surface area contributed by atoms with Gasteiger partial charge in [0.1, 0.15) is 5.82 Å². The molecule has 2 rings (SSSR count). The van der Waals surface area contributed by atoms with Crippen LogP contribution < -0.4 is 5.73 Å². The van der Waals surface area contributed by atoms with Gasteiger partial charge in [0.2, 0.25) is 0 Å². The molecule has 19 heavy (non-hydrogen) atoms. The molecule has 0 saturated heterocycles. The maximum Gasteiger partial charge on any atom is 0.123 e. The summed E-state index contributed by atoms with van der Waals surface area (Å²) in [5, 5.41) is 0.0966. The summed E-state index contributed by atoms with van der Waals surface area (Å²) in [6.07, 6.45) is 0. The highest BCUT2D eigenvalue weighted by atomic mass is 79.9. The molecular weight excluding hydrogens is 325 g/mol. The molecule has 2 unspecified atom stereocenters. The van der Waals surface area contributed by atoms with Crippen molar-refractivity contribution in [3.63, 3.8) is 0 Å². The van der Waals surface area contributed by atoms with E-state index in [0.717, 1.165) is 14.9 Å². The molecule has 0 heterocycles. The standard InChI is InChI=1S/C15H15BrFNS/c1-10(18)15(11-6-8-12(17)9-7-11)19-14-5-3-2-4-13(14)16/h2-10,15H,18H2,1H3. The second kappa shape index (κ2) is 6.55. The fourth-order valence-electron chi connectivity index (χ4n) is 1.81. The molecular formula is C15H15BrFNS. The second-order valence-electron chi connectivity index (χ2n) is 4.38. The van der Waals surface area contributed by atoms with Crippen LogP contribution in [0, 0.1) is 5.82 Å². The number of halogens is 2. The van der Waals surface area contributed by atoms with Gasteiger partial charge in [0.15, 0.2) is 0 Å². The molecule has 2 aromatic rings. The van der Waals surface area contributed by atoms with Crippen LogP contribution in [-0.4, -0.2) is 6.04 Å². The van der Waals surface area contributed by atoms with Crippen molar-refractivity contribution < 1.29 is 4.39 Å². The van der Waals surface area contributed by atoms with Gasteiger partial charge in [-0.15, -0.1) is 11.8 Å². The summed E-state index contributed by atoms with van der Waals surface area (Å²) in [5.41, 5.74) is 7.11. The van der Waals surface area contributed by atoms with Gasteiger partial charge in [-0.05, 0) is 52.7 Å². The molecule has 0 aliphatic heterocycles. The van der Waals surface area contributed by atoms with E-state index in [4.69, 9.17) is 5.73 Å². The molecule has 0 aliphatic carbocycles. The molecule has 100 valence electrons. The predicted molar refractivity (Wildman–Crippen MR) is 82.8 cm³/mol. The normalized spacial score (nSPS) is 14.1. The minimum atomic E-state index is -0.224. The minimum absolute atomic E-state index is 0.0254. The largest absolute Gasteiger partial charge is 0.327 e. The van der Waals surface area contributed by atoms with Crippen LogP contribution in [0.1, 0.15) is 17.7 Å². The molecule has 1 nitrogen and oxygen atoms in total. The Hall–Kier alpha value is -0.840. The lowest BCUT2D eigenvalue weighted by Crippen LogP contribution is -2.22. The van der Waals surface area contributed by atoms with E-state index in [-0.39, 0.29) is 17.1 Å². The van der Waals surface area contributed by atoms with Gasteiger partial charge >= 0.3 is 0 Å². The average molecular weight is 340 g/mol. The van der Waals surface area contributed by atoms with E-state index >= 15 is 0 Å². The molecule has 0 aliphatic rings. The predicted octanol–water partition coefficient (Wildman–Crippen LogP) is 4.77. The number of thioether (sulfide) groups is 1. The van der Waals surface area contributed by atoms with Crippen molar-refractivity contribution in [1.82, 2.24) is 0 Å². The highest BCUT2D eigenvalue weighted by molar-refractivity contribution is 9.10. The monoisotopic (exact) mass is 339 g/mol. The van der Waals surface area contributed by atoms with Crippen molar-refractivity contribution in [2.45, 2.75) is 23.1 Å². The van der Waals surface area contributed by atoms with Gasteiger partial charge in [-0.1, -0.05) is 24.3 Å². The zero-order chi connectivity index (χ0) is 13.8. The quantitative estimate of drug-likeness (QED) is 0.812. The Kier molecular flexibility index (Phi) is 5.02. The maximum absolute atomic E-state index is 13.0. The third-order valence-electron chi connectivity index (χ3n) is 2.77. The molecule has 2 aromatic carbocycles. The number of rotatable bonds is 4. The Labute approximate surface area is 125 Å². The van der Waals surface area contributed by atoms with Crippen molar-refractivity contribution in [3.8, 4) is 0 Å². The van der Waals surface area contributed by atoms with Gasteiger partial charge in [-0.3, -0.25) is 0 Å². The van der Waals surface area contributed by atoms with Gasteiger partial charge in [-0.25, -0.2) is 4.39 Å². The Bertz CT molecular complexity index is 542. The van der Waals surface area contributed by atoms with E-state index in [1.807, 2.05) is 31.2 Å². The second-order valence-corrected chi connectivity index (χ2v) is 6.42. The lowest BCUT2D eigenvalue weighted by molar-refractivity contribution is 0.625. The highest BCUT2D eigenvalue weighted by Crippen LogP contribution is 2.40. The van der Waals surface area contributed by atoms with Crippen LogP contribution >= 0.6 is 27.7 Å². The van der Waals surface area contributed by atoms with E-state index in [1.165, 1.54) is 12.1 Å². The zero-order valence-corrected chi connectivity index (χ0v) is 12.9. The maximum atomic E-state index is 13.0.